The van der Waals surface area contributed by atoms with Crippen LogP contribution in [-0.4, -0.2) is 12.7 Å². The Kier molecular flexibility index (Phi) is 4.94. The minimum atomic E-state index is -0.576. The molecule has 1 aromatic carbocycles. The number of carbonyl (C=O) groups excluding carboxylic acids is 1. The average molecular weight is 225 g/mol. The monoisotopic (exact) mass is 225 g/mol. The van der Waals surface area contributed by atoms with Crippen LogP contribution in [0.25, 0.3) is 0 Å². The van der Waals surface area contributed by atoms with Gasteiger partial charge in [0.15, 0.2) is 6.61 Å². The molecule has 0 spiro atoms. The quantitative estimate of drug-likeness (QED) is 0.785. The maximum Gasteiger partial charge on any atom is 0.412 e. The fourth-order valence-electron chi connectivity index (χ4n) is 1.03. The molecule has 0 unspecified atom stereocenters. The predicted molar refractivity (Wildman–Crippen MR) is 67.3 cm³/mol. The molecule has 0 bridgehead atoms. The van der Waals surface area contributed by atoms with Gasteiger partial charge in [-0.25, -0.2) is 4.79 Å². The summed E-state index contributed by atoms with van der Waals surface area (Å²) in [6, 6.07) is 7.02. The molecule has 0 saturated heterocycles. The zero-order valence-electron chi connectivity index (χ0n) is 9.19. The highest BCUT2D eigenvalue weighted by atomic mass is 16.5. The largest absolute Gasteiger partial charge is 0.436 e. The van der Waals surface area contributed by atoms with Gasteiger partial charge in [-0.05, 0) is 30.3 Å². The van der Waals surface area contributed by atoms with Gasteiger partial charge in [-0.3, -0.25) is 5.32 Å². The van der Waals surface area contributed by atoms with Gasteiger partial charge in [0.1, 0.15) is 0 Å². The number of terminal acetylenes is 1. The molecule has 1 rings (SSSR count). The molecule has 3 heteroatoms. The van der Waals surface area contributed by atoms with Gasteiger partial charge in [-0.2, -0.15) is 0 Å². The van der Waals surface area contributed by atoms with Crippen LogP contribution in [0.1, 0.15) is 5.56 Å². The number of allylic oxidation sites excluding steroid dienone is 1. The number of benzene rings is 1. The summed E-state index contributed by atoms with van der Waals surface area (Å²) in [4.78, 5) is 11.2. The number of hydrogen-bond acceptors (Lipinski definition) is 2. The SMILES string of the molecule is C#CCOC(=O)Nc1ccc(C#CC=C)cc1. The Balaban J connectivity index is 2.59. The van der Waals surface area contributed by atoms with Crippen LogP contribution in [-0.2, 0) is 4.74 Å². The Morgan fingerprint density at radius 2 is 2.18 bits per heavy atom. The molecule has 0 fully saturated rings. The number of amides is 1. The van der Waals surface area contributed by atoms with Gasteiger partial charge in [0.05, 0.1) is 0 Å². The lowest BCUT2D eigenvalue weighted by atomic mass is 10.2. The van der Waals surface area contributed by atoms with Gasteiger partial charge in [-0.15, -0.1) is 6.42 Å². The zero-order chi connectivity index (χ0) is 12.5. The van der Waals surface area contributed by atoms with E-state index in [1.807, 2.05) is 0 Å². The third kappa shape index (κ3) is 4.59. The van der Waals surface area contributed by atoms with E-state index >= 15 is 0 Å². The molecule has 0 heterocycles. The van der Waals surface area contributed by atoms with Crippen LogP contribution in [0.15, 0.2) is 36.9 Å². The van der Waals surface area contributed by atoms with Crippen LogP contribution in [0.4, 0.5) is 10.5 Å². The molecule has 1 aromatic rings. The Bertz CT molecular complexity index is 498. The fraction of sp³-hybridized carbons (Fsp3) is 0.0714. The van der Waals surface area contributed by atoms with Crippen molar-refractivity contribution in [1.29, 1.82) is 0 Å². The number of ether oxygens (including phenoxy) is 1. The summed E-state index contributed by atoms with van der Waals surface area (Å²) in [7, 11) is 0. The zero-order valence-corrected chi connectivity index (χ0v) is 9.19. The van der Waals surface area contributed by atoms with E-state index in [9.17, 15) is 4.79 Å². The molecule has 1 N–H and O–H groups in total. The molecule has 84 valence electrons. The lowest BCUT2D eigenvalue weighted by Crippen LogP contribution is -2.13. The van der Waals surface area contributed by atoms with E-state index in [1.165, 1.54) is 6.08 Å². The van der Waals surface area contributed by atoms with E-state index in [-0.39, 0.29) is 6.61 Å². The lowest BCUT2D eigenvalue weighted by molar-refractivity contribution is 0.176. The average Bonchev–Trinajstić information content (AvgIpc) is 2.35. The normalized spacial score (nSPS) is 8.18. The summed E-state index contributed by atoms with van der Waals surface area (Å²) in [6.07, 6.45) is 5.90. The van der Waals surface area contributed by atoms with Crippen molar-refractivity contribution in [3.05, 3.63) is 42.5 Å². The number of carbonyl (C=O) groups is 1. The Morgan fingerprint density at radius 1 is 1.47 bits per heavy atom. The first-order valence-electron chi connectivity index (χ1n) is 4.86. The summed E-state index contributed by atoms with van der Waals surface area (Å²) in [6.45, 7) is 3.45. The summed E-state index contributed by atoms with van der Waals surface area (Å²) in [5.41, 5.74) is 1.46. The first-order valence-corrected chi connectivity index (χ1v) is 4.86. The summed E-state index contributed by atoms with van der Waals surface area (Å²) in [5.74, 6) is 7.81. The molecule has 0 aliphatic heterocycles. The standard InChI is InChI=1S/C14H11NO2/c1-3-5-6-12-7-9-13(10-8-12)15-14(16)17-11-4-2/h2-3,7-10H,1,11H2,(H,15,16). The molecule has 0 aliphatic rings. The molecule has 0 aromatic heterocycles. The molecule has 1 amide bonds. The molecule has 17 heavy (non-hydrogen) atoms. The maximum absolute atomic E-state index is 11.2. The molecule has 0 saturated carbocycles. The van der Waals surface area contributed by atoms with Crippen molar-refractivity contribution in [1.82, 2.24) is 0 Å². The van der Waals surface area contributed by atoms with Gasteiger partial charge in [0.25, 0.3) is 0 Å². The Hall–Kier alpha value is -2.65. The van der Waals surface area contributed by atoms with Crippen molar-refractivity contribution in [2.24, 2.45) is 0 Å². The minimum absolute atomic E-state index is 0.0469. The van der Waals surface area contributed by atoms with Crippen LogP contribution >= 0.6 is 0 Å². The van der Waals surface area contributed by atoms with Crippen molar-refractivity contribution in [2.45, 2.75) is 0 Å². The van der Waals surface area contributed by atoms with Crippen molar-refractivity contribution in [3.8, 4) is 24.2 Å². The van der Waals surface area contributed by atoms with E-state index in [0.717, 1.165) is 5.56 Å². The molecule has 3 nitrogen and oxygen atoms in total. The number of anilines is 1. The van der Waals surface area contributed by atoms with Crippen molar-refractivity contribution in [2.75, 3.05) is 11.9 Å². The van der Waals surface area contributed by atoms with Gasteiger partial charge in [-0.1, -0.05) is 24.3 Å². The van der Waals surface area contributed by atoms with Gasteiger partial charge >= 0.3 is 6.09 Å². The minimum Gasteiger partial charge on any atom is -0.436 e. The summed E-state index contributed by atoms with van der Waals surface area (Å²) in [5, 5.41) is 2.53. The van der Waals surface area contributed by atoms with Crippen molar-refractivity contribution >= 4 is 11.8 Å². The van der Waals surface area contributed by atoms with E-state index in [1.54, 1.807) is 24.3 Å². The first kappa shape index (κ1) is 12.4. The van der Waals surface area contributed by atoms with Gasteiger partial charge in [0, 0.05) is 11.3 Å². The summed E-state index contributed by atoms with van der Waals surface area (Å²) >= 11 is 0. The van der Waals surface area contributed by atoms with Crippen molar-refractivity contribution < 1.29 is 9.53 Å². The second-order valence-corrected chi connectivity index (χ2v) is 2.96. The number of rotatable bonds is 2. The second-order valence-electron chi connectivity index (χ2n) is 2.96. The third-order valence-corrected chi connectivity index (χ3v) is 1.74. The Morgan fingerprint density at radius 3 is 2.76 bits per heavy atom. The molecular formula is C14H11NO2. The smallest absolute Gasteiger partial charge is 0.412 e. The first-order chi connectivity index (χ1) is 8.26. The highest BCUT2D eigenvalue weighted by Crippen LogP contribution is 2.08. The van der Waals surface area contributed by atoms with E-state index in [2.05, 4.69) is 34.4 Å². The molecular weight excluding hydrogens is 214 g/mol. The number of nitrogens with one attached hydrogen (secondary N) is 1. The Labute approximate surface area is 100 Å². The highest BCUT2D eigenvalue weighted by molar-refractivity contribution is 5.84. The maximum atomic E-state index is 11.2. The van der Waals surface area contributed by atoms with Crippen LogP contribution in [0.3, 0.4) is 0 Å². The van der Waals surface area contributed by atoms with Gasteiger partial charge < -0.3 is 4.74 Å². The van der Waals surface area contributed by atoms with Crippen LogP contribution < -0.4 is 5.32 Å². The van der Waals surface area contributed by atoms with E-state index in [0.29, 0.717) is 5.69 Å². The third-order valence-electron chi connectivity index (χ3n) is 1.74. The second kappa shape index (κ2) is 6.76. The van der Waals surface area contributed by atoms with Crippen LogP contribution in [0, 0.1) is 24.2 Å². The fourth-order valence-corrected chi connectivity index (χ4v) is 1.03. The van der Waals surface area contributed by atoms with Gasteiger partial charge in [0.2, 0.25) is 0 Å². The lowest BCUT2D eigenvalue weighted by Gasteiger charge is -2.04. The predicted octanol–water partition coefficient (Wildman–Crippen LogP) is 2.41. The van der Waals surface area contributed by atoms with Crippen LogP contribution in [0.5, 0.6) is 0 Å². The topological polar surface area (TPSA) is 38.3 Å². The molecule has 0 atom stereocenters. The van der Waals surface area contributed by atoms with E-state index in [4.69, 9.17) is 6.42 Å². The van der Waals surface area contributed by atoms with E-state index < -0.39 is 6.09 Å². The van der Waals surface area contributed by atoms with Crippen molar-refractivity contribution in [3.63, 3.8) is 0 Å². The summed E-state index contributed by atoms with van der Waals surface area (Å²) < 4.78 is 4.66. The highest BCUT2D eigenvalue weighted by Gasteiger charge is 2.01. The molecule has 0 radical (unpaired) electrons. The molecule has 0 aliphatic carbocycles. The van der Waals surface area contributed by atoms with Crippen LogP contribution in [0.2, 0.25) is 0 Å². The number of hydrogen-bond donors (Lipinski definition) is 1.